The van der Waals surface area contributed by atoms with Gasteiger partial charge in [-0.15, -0.1) is 0 Å². The van der Waals surface area contributed by atoms with E-state index in [1.165, 1.54) is 45.7 Å². The molecule has 0 spiro atoms. The van der Waals surface area contributed by atoms with Crippen molar-refractivity contribution in [1.82, 2.24) is 15.5 Å². The summed E-state index contributed by atoms with van der Waals surface area (Å²) in [4.78, 5) is 2.81. The molecule has 4 fully saturated rings. The van der Waals surface area contributed by atoms with Crippen molar-refractivity contribution in [3.8, 4) is 0 Å². The summed E-state index contributed by atoms with van der Waals surface area (Å²) in [6.45, 7) is 7.84. The van der Waals surface area contributed by atoms with E-state index in [4.69, 9.17) is 0 Å². The molecule has 4 atom stereocenters. The molecule has 4 aliphatic rings. The minimum atomic E-state index is 0.629. The Bertz CT molecular complexity index is 255. The highest BCUT2D eigenvalue weighted by Gasteiger charge is 2.62. The van der Waals surface area contributed by atoms with E-state index in [0.717, 1.165) is 17.8 Å². The van der Waals surface area contributed by atoms with Gasteiger partial charge in [0.25, 0.3) is 0 Å². The summed E-state index contributed by atoms with van der Waals surface area (Å²) in [5, 5.41) is 7.07. The van der Waals surface area contributed by atoms with Gasteiger partial charge in [0.05, 0.1) is 0 Å². The van der Waals surface area contributed by atoms with E-state index in [1.807, 2.05) is 0 Å². The lowest BCUT2D eigenvalue weighted by molar-refractivity contribution is 0.208. The van der Waals surface area contributed by atoms with E-state index in [-0.39, 0.29) is 0 Å². The number of piperidine rings is 1. The summed E-state index contributed by atoms with van der Waals surface area (Å²) in [6.07, 6.45) is 1.48. The van der Waals surface area contributed by atoms with Crippen molar-refractivity contribution in [1.29, 1.82) is 0 Å². The monoisotopic (exact) mass is 193 g/mol. The van der Waals surface area contributed by atoms with Crippen molar-refractivity contribution in [3.05, 3.63) is 0 Å². The van der Waals surface area contributed by atoms with Gasteiger partial charge >= 0.3 is 0 Å². The van der Waals surface area contributed by atoms with Crippen molar-refractivity contribution in [2.45, 2.75) is 12.0 Å². The Morgan fingerprint density at radius 2 is 1.79 bits per heavy atom. The Balaban J connectivity index is 1.53. The fraction of sp³-hybridized carbons (Fsp3) is 1.00. The van der Waals surface area contributed by atoms with E-state index in [9.17, 15) is 0 Å². The second kappa shape index (κ2) is 2.52. The smallest absolute Gasteiger partial charge is 0.0378 e. The first kappa shape index (κ1) is 8.08. The van der Waals surface area contributed by atoms with Gasteiger partial charge in [0, 0.05) is 25.2 Å². The molecule has 4 unspecified atom stereocenters. The number of nitrogens with zero attached hydrogens (tertiary/aromatic N) is 1. The second-order valence-corrected chi connectivity index (χ2v) is 5.72. The van der Waals surface area contributed by atoms with E-state index >= 15 is 0 Å². The van der Waals surface area contributed by atoms with Crippen LogP contribution in [0.5, 0.6) is 0 Å². The molecule has 0 bridgehead atoms. The third-order valence-electron chi connectivity index (χ3n) is 5.04. The largest absolute Gasteiger partial charge is 0.316 e. The van der Waals surface area contributed by atoms with Gasteiger partial charge in [-0.2, -0.15) is 0 Å². The molecule has 3 aliphatic heterocycles. The molecule has 0 aromatic heterocycles. The quantitative estimate of drug-likeness (QED) is 0.588. The number of hydrogen-bond acceptors (Lipinski definition) is 3. The van der Waals surface area contributed by atoms with E-state index < -0.39 is 0 Å². The van der Waals surface area contributed by atoms with Gasteiger partial charge in [-0.25, -0.2) is 0 Å². The Labute approximate surface area is 85.2 Å². The third-order valence-corrected chi connectivity index (χ3v) is 5.04. The molecule has 3 heterocycles. The molecule has 14 heavy (non-hydrogen) atoms. The van der Waals surface area contributed by atoms with Crippen molar-refractivity contribution in [3.63, 3.8) is 0 Å². The maximum atomic E-state index is 3.55. The maximum Gasteiger partial charge on any atom is 0.0378 e. The summed E-state index contributed by atoms with van der Waals surface area (Å²) in [5.41, 5.74) is 0.629. The van der Waals surface area contributed by atoms with Gasteiger partial charge in [0.1, 0.15) is 0 Å². The lowest BCUT2D eigenvalue weighted by atomic mass is 10.0. The SMILES string of the molecule is C1NCC2CN(C34CNCC3C4)CC12. The topological polar surface area (TPSA) is 27.3 Å². The van der Waals surface area contributed by atoms with Crippen molar-refractivity contribution < 1.29 is 0 Å². The number of nitrogens with one attached hydrogen (secondary N) is 2. The average Bonchev–Trinajstić information content (AvgIpc) is 2.63. The number of hydrogen-bond donors (Lipinski definition) is 2. The van der Waals surface area contributed by atoms with Crippen LogP contribution in [0.2, 0.25) is 0 Å². The predicted molar refractivity (Wildman–Crippen MR) is 55.1 cm³/mol. The van der Waals surface area contributed by atoms with Gasteiger partial charge in [-0.05, 0) is 43.8 Å². The molecule has 1 saturated carbocycles. The van der Waals surface area contributed by atoms with Crippen LogP contribution in [0.25, 0.3) is 0 Å². The molecule has 3 saturated heterocycles. The summed E-state index contributed by atoms with van der Waals surface area (Å²) in [6, 6.07) is 0. The molecule has 0 aromatic rings. The Hall–Kier alpha value is -0.120. The molecule has 0 amide bonds. The zero-order chi connectivity index (χ0) is 9.17. The molecule has 4 rings (SSSR count). The summed E-state index contributed by atoms with van der Waals surface area (Å²) < 4.78 is 0. The summed E-state index contributed by atoms with van der Waals surface area (Å²) in [5.74, 6) is 2.92. The van der Waals surface area contributed by atoms with Crippen LogP contribution in [0.3, 0.4) is 0 Å². The summed E-state index contributed by atoms with van der Waals surface area (Å²) >= 11 is 0. The van der Waals surface area contributed by atoms with Gasteiger partial charge in [-0.1, -0.05) is 0 Å². The fourth-order valence-electron chi connectivity index (χ4n) is 4.03. The third kappa shape index (κ3) is 0.884. The zero-order valence-corrected chi connectivity index (χ0v) is 8.63. The highest BCUT2D eigenvalue weighted by Crippen LogP contribution is 2.53. The van der Waals surface area contributed by atoms with Gasteiger partial charge in [0.15, 0.2) is 0 Å². The standard InChI is InChI=1S/C11H19N3/c1-10-4-13-7-11(1,10)14-5-8-2-12-3-9(8)6-14/h8-10,12-13H,1-7H2. The lowest BCUT2D eigenvalue weighted by Gasteiger charge is -2.26. The number of likely N-dealkylation sites (tertiary alicyclic amines) is 1. The maximum absolute atomic E-state index is 3.55. The fourth-order valence-corrected chi connectivity index (χ4v) is 4.03. The highest BCUT2D eigenvalue weighted by atomic mass is 15.3. The number of rotatable bonds is 1. The zero-order valence-electron chi connectivity index (χ0n) is 8.63. The second-order valence-electron chi connectivity index (χ2n) is 5.72. The van der Waals surface area contributed by atoms with Crippen LogP contribution in [0.15, 0.2) is 0 Å². The van der Waals surface area contributed by atoms with E-state index in [1.54, 1.807) is 0 Å². The van der Waals surface area contributed by atoms with Crippen LogP contribution >= 0.6 is 0 Å². The van der Waals surface area contributed by atoms with Crippen molar-refractivity contribution in [2.75, 3.05) is 39.3 Å². The molecular formula is C11H19N3. The Kier molecular flexibility index (Phi) is 1.45. The summed E-state index contributed by atoms with van der Waals surface area (Å²) in [7, 11) is 0. The molecule has 0 radical (unpaired) electrons. The van der Waals surface area contributed by atoms with Crippen LogP contribution < -0.4 is 10.6 Å². The molecule has 2 N–H and O–H groups in total. The molecule has 0 aromatic carbocycles. The molecule has 3 nitrogen and oxygen atoms in total. The molecule has 1 aliphatic carbocycles. The molecule has 78 valence electrons. The first-order valence-electron chi connectivity index (χ1n) is 6.05. The predicted octanol–water partition coefficient (Wildman–Crippen LogP) is -0.500. The van der Waals surface area contributed by atoms with Crippen LogP contribution in [-0.2, 0) is 0 Å². The Morgan fingerprint density at radius 3 is 2.36 bits per heavy atom. The molecule has 3 heteroatoms. The van der Waals surface area contributed by atoms with Crippen LogP contribution in [-0.4, -0.2) is 49.7 Å². The van der Waals surface area contributed by atoms with Crippen molar-refractivity contribution in [2.24, 2.45) is 17.8 Å². The molecular weight excluding hydrogens is 174 g/mol. The van der Waals surface area contributed by atoms with Crippen molar-refractivity contribution >= 4 is 0 Å². The Morgan fingerprint density at radius 1 is 1.00 bits per heavy atom. The first-order chi connectivity index (χ1) is 6.88. The van der Waals surface area contributed by atoms with Gasteiger partial charge in [-0.3, -0.25) is 4.90 Å². The average molecular weight is 193 g/mol. The first-order valence-corrected chi connectivity index (χ1v) is 6.05. The van der Waals surface area contributed by atoms with Gasteiger partial charge < -0.3 is 10.6 Å². The highest BCUT2D eigenvalue weighted by molar-refractivity contribution is 5.19. The normalized spacial score (nSPS) is 56.1. The van der Waals surface area contributed by atoms with E-state index in [2.05, 4.69) is 15.5 Å². The van der Waals surface area contributed by atoms with Gasteiger partial charge in [0.2, 0.25) is 0 Å². The van der Waals surface area contributed by atoms with Crippen LogP contribution in [0.1, 0.15) is 6.42 Å². The van der Waals surface area contributed by atoms with Crippen LogP contribution in [0, 0.1) is 17.8 Å². The van der Waals surface area contributed by atoms with Crippen LogP contribution in [0.4, 0.5) is 0 Å². The minimum Gasteiger partial charge on any atom is -0.316 e. The van der Waals surface area contributed by atoms with E-state index in [0.29, 0.717) is 5.54 Å². The lowest BCUT2D eigenvalue weighted by Crippen LogP contribution is -2.41. The minimum absolute atomic E-state index is 0.629. The number of fused-ring (bicyclic) bond motifs is 2.